The fourth-order valence-corrected chi connectivity index (χ4v) is 3.72. The molecule has 1 aliphatic rings. The normalized spacial score (nSPS) is 15.8. The van der Waals surface area contributed by atoms with Gasteiger partial charge in [0.25, 0.3) is 0 Å². The minimum absolute atomic E-state index is 0.0106. The van der Waals surface area contributed by atoms with Crippen LogP contribution in [0.4, 0.5) is 0 Å². The van der Waals surface area contributed by atoms with E-state index in [0.29, 0.717) is 45.4 Å². The molecular weight excluding hydrogens is 328 g/mol. The van der Waals surface area contributed by atoms with Gasteiger partial charge in [0.2, 0.25) is 11.7 Å². The molecule has 7 heteroatoms. The number of rotatable bonds is 4. The summed E-state index contributed by atoms with van der Waals surface area (Å²) in [5.41, 5.74) is 1.54. The number of nitrogens with zero attached hydrogens (tertiary/aromatic N) is 2. The van der Waals surface area contributed by atoms with E-state index in [2.05, 4.69) is 9.97 Å². The van der Waals surface area contributed by atoms with Crippen LogP contribution in [0, 0.1) is 0 Å². The number of hydrogen-bond acceptors (Lipinski definition) is 7. The Morgan fingerprint density at radius 3 is 2.79 bits per heavy atom. The summed E-state index contributed by atoms with van der Waals surface area (Å²) >= 11 is 1.23. The zero-order valence-electron chi connectivity index (χ0n) is 13.3. The molecule has 0 radical (unpaired) electrons. The van der Waals surface area contributed by atoms with Crippen molar-refractivity contribution in [2.45, 2.75) is 26.2 Å². The second-order valence-electron chi connectivity index (χ2n) is 5.51. The molecule has 0 saturated heterocycles. The number of carbonyl (C=O) groups is 2. The second-order valence-corrected chi connectivity index (χ2v) is 6.59. The molecule has 0 fully saturated rings. The summed E-state index contributed by atoms with van der Waals surface area (Å²) in [7, 11) is 1.51. The molecule has 2 aromatic rings. The van der Waals surface area contributed by atoms with E-state index < -0.39 is 0 Å². The molecule has 0 bridgehead atoms. The van der Waals surface area contributed by atoms with Crippen molar-refractivity contribution in [1.82, 2.24) is 9.97 Å². The average molecular weight is 344 g/mol. The van der Waals surface area contributed by atoms with Crippen LogP contribution in [0.25, 0.3) is 5.76 Å². The summed E-state index contributed by atoms with van der Waals surface area (Å²) in [6.45, 7) is 1.50. The van der Waals surface area contributed by atoms with Crippen molar-refractivity contribution in [3.8, 4) is 5.88 Å². The fraction of sp³-hybridized carbons (Fsp3) is 0.294. The molecular formula is C17H16N2O4S. The van der Waals surface area contributed by atoms with E-state index in [1.807, 2.05) is 0 Å². The van der Waals surface area contributed by atoms with Crippen LogP contribution in [0.2, 0.25) is 0 Å². The first-order valence-corrected chi connectivity index (χ1v) is 8.26. The zero-order valence-corrected chi connectivity index (χ0v) is 14.1. The molecule has 124 valence electrons. The third-order valence-corrected chi connectivity index (χ3v) is 4.84. The van der Waals surface area contributed by atoms with E-state index in [0.717, 1.165) is 0 Å². The molecule has 0 amide bonds. The van der Waals surface area contributed by atoms with Gasteiger partial charge in [0.15, 0.2) is 0 Å². The highest BCUT2D eigenvalue weighted by atomic mass is 32.1. The maximum atomic E-state index is 12.7. The van der Waals surface area contributed by atoms with Crippen LogP contribution in [0.3, 0.4) is 0 Å². The van der Waals surface area contributed by atoms with E-state index in [1.54, 1.807) is 12.1 Å². The molecule has 3 rings (SSSR count). The summed E-state index contributed by atoms with van der Waals surface area (Å²) in [5, 5.41) is 11.1. The molecule has 2 heterocycles. The molecule has 0 aliphatic heterocycles. The Morgan fingerprint density at radius 1 is 1.38 bits per heavy atom. The molecule has 0 saturated carbocycles. The number of pyridine rings is 1. The number of ketones is 2. The predicted octanol–water partition coefficient (Wildman–Crippen LogP) is 2.78. The number of aliphatic hydroxyl groups is 1. The highest BCUT2D eigenvalue weighted by molar-refractivity contribution is 7.14. The van der Waals surface area contributed by atoms with Crippen molar-refractivity contribution in [3.05, 3.63) is 45.0 Å². The van der Waals surface area contributed by atoms with Crippen molar-refractivity contribution < 1.29 is 19.4 Å². The quantitative estimate of drug-likeness (QED) is 0.677. The summed E-state index contributed by atoms with van der Waals surface area (Å²) in [6.07, 6.45) is 2.68. The van der Waals surface area contributed by atoms with E-state index >= 15 is 0 Å². The van der Waals surface area contributed by atoms with E-state index in [1.165, 1.54) is 31.6 Å². The van der Waals surface area contributed by atoms with Crippen LogP contribution in [0.15, 0.2) is 23.9 Å². The van der Waals surface area contributed by atoms with Gasteiger partial charge >= 0.3 is 0 Å². The lowest BCUT2D eigenvalue weighted by atomic mass is 9.93. The molecule has 1 aliphatic carbocycles. The lowest BCUT2D eigenvalue weighted by Crippen LogP contribution is -2.14. The largest absolute Gasteiger partial charge is 0.507 e. The summed E-state index contributed by atoms with van der Waals surface area (Å²) in [6, 6.07) is 3.29. The van der Waals surface area contributed by atoms with Gasteiger partial charge in [0, 0.05) is 23.4 Å². The highest BCUT2D eigenvalue weighted by Crippen LogP contribution is 2.33. The van der Waals surface area contributed by atoms with Gasteiger partial charge in [-0.05, 0) is 25.8 Å². The SMILES string of the molecule is COc1ccc(/C(O)=C2\CCc3nc(CC(C)=O)sc3C2=O)cn1. The third-order valence-electron chi connectivity index (χ3n) is 3.74. The monoisotopic (exact) mass is 344 g/mol. The Bertz CT molecular complexity index is 837. The van der Waals surface area contributed by atoms with Gasteiger partial charge in [-0.15, -0.1) is 11.3 Å². The molecule has 24 heavy (non-hydrogen) atoms. The van der Waals surface area contributed by atoms with Crippen molar-refractivity contribution in [2.75, 3.05) is 7.11 Å². The number of aliphatic hydroxyl groups excluding tert-OH is 1. The van der Waals surface area contributed by atoms with Gasteiger partial charge in [-0.2, -0.15) is 0 Å². The van der Waals surface area contributed by atoms with Crippen molar-refractivity contribution in [3.63, 3.8) is 0 Å². The van der Waals surface area contributed by atoms with Crippen LogP contribution < -0.4 is 4.74 Å². The maximum Gasteiger partial charge on any atom is 0.212 e. The number of hydrogen-bond donors (Lipinski definition) is 1. The maximum absolute atomic E-state index is 12.7. The Kier molecular flexibility index (Phi) is 4.44. The van der Waals surface area contributed by atoms with E-state index in [4.69, 9.17) is 4.74 Å². The number of carbonyl (C=O) groups excluding carboxylic acids is 2. The molecule has 0 unspecified atom stereocenters. The smallest absolute Gasteiger partial charge is 0.212 e. The first-order chi connectivity index (χ1) is 11.5. The van der Waals surface area contributed by atoms with E-state index in [-0.39, 0.29) is 23.7 Å². The topological polar surface area (TPSA) is 89.4 Å². The van der Waals surface area contributed by atoms with Crippen molar-refractivity contribution >= 4 is 28.7 Å². The summed E-state index contributed by atoms with van der Waals surface area (Å²) in [4.78, 5) is 32.8. The number of fused-ring (bicyclic) bond motifs is 1. The summed E-state index contributed by atoms with van der Waals surface area (Å²) < 4.78 is 4.99. The zero-order chi connectivity index (χ0) is 17.3. The number of aryl methyl sites for hydroxylation is 1. The van der Waals surface area contributed by atoms with Crippen LogP contribution >= 0.6 is 11.3 Å². The van der Waals surface area contributed by atoms with Crippen LogP contribution in [-0.4, -0.2) is 33.8 Å². The number of methoxy groups -OCH3 is 1. The number of thiazole rings is 1. The van der Waals surface area contributed by atoms with Crippen LogP contribution in [-0.2, 0) is 17.6 Å². The van der Waals surface area contributed by atoms with Crippen LogP contribution in [0.5, 0.6) is 5.88 Å². The molecule has 6 nitrogen and oxygen atoms in total. The first kappa shape index (κ1) is 16.3. The van der Waals surface area contributed by atoms with Gasteiger partial charge in [0.1, 0.15) is 16.6 Å². The van der Waals surface area contributed by atoms with Gasteiger partial charge in [-0.1, -0.05) is 0 Å². The highest BCUT2D eigenvalue weighted by Gasteiger charge is 2.29. The molecule has 0 aromatic carbocycles. The Morgan fingerprint density at radius 2 is 2.17 bits per heavy atom. The van der Waals surface area contributed by atoms with Gasteiger partial charge in [0.05, 0.1) is 24.1 Å². The number of ether oxygens (including phenoxy) is 1. The third kappa shape index (κ3) is 3.07. The molecule has 2 aromatic heterocycles. The van der Waals surface area contributed by atoms with Gasteiger partial charge in [-0.3, -0.25) is 9.59 Å². The number of aromatic nitrogens is 2. The lowest BCUT2D eigenvalue weighted by molar-refractivity contribution is -0.116. The average Bonchev–Trinajstić information content (AvgIpc) is 2.97. The standard InChI is InChI=1S/C17H16N2O4S/c1-9(20)7-14-19-12-5-4-11(16(22)17(12)24-14)15(21)10-3-6-13(23-2)18-8-10/h3,6,8,21H,4-5,7H2,1-2H3/b15-11-. The number of Topliss-reactive ketones (excluding diaryl/α,β-unsaturated/α-hetero) is 2. The van der Waals surface area contributed by atoms with E-state index in [9.17, 15) is 14.7 Å². The first-order valence-electron chi connectivity index (χ1n) is 7.45. The predicted molar refractivity (Wildman–Crippen MR) is 89.5 cm³/mol. The number of allylic oxidation sites excluding steroid dienone is 1. The molecule has 1 N–H and O–H groups in total. The Balaban J connectivity index is 1.93. The lowest BCUT2D eigenvalue weighted by Gasteiger charge is -2.14. The summed E-state index contributed by atoms with van der Waals surface area (Å²) in [5.74, 6) is 0.154. The van der Waals surface area contributed by atoms with Gasteiger partial charge < -0.3 is 9.84 Å². The Hall–Kier alpha value is -2.54. The minimum Gasteiger partial charge on any atom is -0.507 e. The molecule has 0 atom stereocenters. The van der Waals surface area contributed by atoms with Crippen molar-refractivity contribution in [2.24, 2.45) is 0 Å². The second kappa shape index (κ2) is 6.52. The van der Waals surface area contributed by atoms with Crippen LogP contribution in [0.1, 0.15) is 39.3 Å². The minimum atomic E-state index is -0.225. The fourth-order valence-electron chi connectivity index (χ4n) is 2.57. The Labute approximate surface area is 142 Å². The van der Waals surface area contributed by atoms with Gasteiger partial charge in [-0.25, -0.2) is 9.97 Å². The van der Waals surface area contributed by atoms with Crippen molar-refractivity contribution in [1.29, 1.82) is 0 Å². The molecule has 0 spiro atoms.